The maximum absolute atomic E-state index is 12.6. The van der Waals surface area contributed by atoms with Crippen LogP contribution in [-0.4, -0.2) is 60.1 Å². The second kappa shape index (κ2) is 10.3. The van der Waals surface area contributed by atoms with Crippen molar-refractivity contribution in [2.24, 2.45) is 16.3 Å². The zero-order valence-corrected chi connectivity index (χ0v) is 23.4. The van der Waals surface area contributed by atoms with Crippen molar-refractivity contribution in [3.63, 3.8) is 0 Å². The predicted octanol–water partition coefficient (Wildman–Crippen LogP) is 4.10. The number of nitrogens with zero attached hydrogens (tertiary/aromatic N) is 4. The summed E-state index contributed by atoms with van der Waals surface area (Å²) in [5.74, 6) is 1.59. The molecule has 3 heterocycles. The molecule has 2 N–H and O–H groups in total. The second-order valence-electron chi connectivity index (χ2n) is 11.1. The van der Waals surface area contributed by atoms with Crippen LogP contribution < -0.4 is 15.4 Å². The van der Waals surface area contributed by atoms with Crippen molar-refractivity contribution in [1.29, 1.82) is 0 Å². The van der Waals surface area contributed by atoms with Gasteiger partial charge in [-0.05, 0) is 48.1 Å². The number of amides is 2. The van der Waals surface area contributed by atoms with Gasteiger partial charge in [0, 0.05) is 36.5 Å². The van der Waals surface area contributed by atoms with Crippen molar-refractivity contribution in [3.05, 3.63) is 40.0 Å². The molecule has 0 spiro atoms. The van der Waals surface area contributed by atoms with Gasteiger partial charge in [0.2, 0.25) is 11.8 Å². The predicted molar refractivity (Wildman–Crippen MR) is 151 cm³/mol. The number of aromatic nitrogens is 2. The van der Waals surface area contributed by atoms with Gasteiger partial charge in [-0.3, -0.25) is 14.6 Å². The molecule has 1 aliphatic heterocycles. The number of fused-ring (bicyclic) bond motifs is 4. The SMILES string of the molecule is CN(C)C(=O)[C@H]1CCc2c(sc3ncnc(Nc4cc5c(cc4OCCNC(=O)C(C)(C)C)CN=C5)c23)C1. The van der Waals surface area contributed by atoms with Gasteiger partial charge >= 0.3 is 0 Å². The summed E-state index contributed by atoms with van der Waals surface area (Å²) in [5, 5.41) is 7.46. The largest absolute Gasteiger partial charge is 0.490 e. The minimum Gasteiger partial charge on any atom is -0.490 e. The van der Waals surface area contributed by atoms with E-state index in [0.29, 0.717) is 25.4 Å². The number of aliphatic imine (C=N–C) groups is 1. The summed E-state index contributed by atoms with van der Waals surface area (Å²) in [6, 6.07) is 4.04. The highest BCUT2D eigenvalue weighted by atomic mass is 32.1. The van der Waals surface area contributed by atoms with Crippen LogP contribution in [0.15, 0.2) is 23.5 Å². The Morgan fingerprint density at radius 3 is 2.79 bits per heavy atom. The fraction of sp³-hybridized carbons (Fsp3) is 0.464. The molecule has 2 aliphatic rings. The van der Waals surface area contributed by atoms with E-state index in [1.807, 2.05) is 53.2 Å². The number of thiophene rings is 1. The molecule has 38 heavy (non-hydrogen) atoms. The van der Waals surface area contributed by atoms with Crippen LogP contribution in [0.4, 0.5) is 11.5 Å². The number of carbonyl (C=O) groups is 2. The normalized spacial score (nSPS) is 16.2. The minimum atomic E-state index is -0.449. The standard InChI is InChI=1S/C28H34N6O3S/c1-28(2,3)27(36)30-8-9-37-21-11-18-14-29-13-17(18)10-20(21)33-24-23-19-7-6-16(26(35)34(4)5)12-22(19)38-25(23)32-15-31-24/h10-11,13,15-16H,6-9,12,14H2,1-5H3,(H,30,36)(H,31,32,33)/t16-/m0/s1. The van der Waals surface area contributed by atoms with E-state index in [1.165, 1.54) is 10.4 Å². The van der Waals surface area contributed by atoms with Gasteiger partial charge in [0.15, 0.2) is 0 Å². The summed E-state index contributed by atoms with van der Waals surface area (Å²) in [6.45, 7) is 7.03. The van der Waals surface area contributed by atoms with E-state index in [4.69, 9.17) is 4.74 Å². The molecule has 1 aromatic carbocycles. The van der Waals surface area contributed by atoms with Crippen molar-refractivity contribution in [3.8, 4) is 5.75 Å². The lowest BCUT2D eigenvalue weighted by Gasteiger charge is -2.24. The van der Waals surface area contributed by atoms with E-state index in [-0.39, 0.29) is 17.7 Å². The summed E-state index contributed by atoms with van der Waals surface area (Å²) in [7, 11) is 3.63. The maximum atomic E-state index is 12.6. The van der Waals surface area contributed by atoms with Gasteiger partial charge in [0.25, 0.3) is 0 Å². The van der Waals surface area contributed by atoms with Crippen molar-refractivity contribution < 1.29 is 14.3 Å². The average Bonchev–Trinajstić information content (AvgIpc) is 3.48. The number of benzene rings is 1. The molecule has 0 saturated heterocycles. The third-order valence-corrected chi connectivity index (χ3v) is 8.11. The lowest BCUT2D eigenvalue weighted by atomic mass is 9.87. The summed E-state index contributed by atoms with van der Waals surface area (Å²) in [5.41, 5.74) is 3.71. The maximum Gasteiger partial charge on any atom is 0.225 e. The van der Waals surface area contributed by atoms with Crippen molar-refractivity contribution in [2.45, 2.75) is 46.6 Å². The first-order valence-corrected chi connectivity index (χ1v) is 13.7. The van der Waals surface area contributed by atoms with Gasteiger partial charge in [-0.25, -0.2) is 9.97 Å². The second-order valence-corrected chi connectivity index (χ2v) is 12.2. The van der Waals surface area contributed by atoms with Crippen molar-refractivity contribution in [1.82, 2.24) is 20.2 Å². The summed E-state index contributed by atoms with van der Waals surface area (Å²) >= 11 is 1.65. The summed E-state index contributed by atoms with van der Waals surface area (Å²) in [6.07, 6.45) is 5.81. The molecule has 0 fully saturated rings. The van der Waals surface area contributed by atoms with E-state index in [2.05, 4.69) is 25.6 Å². The lowest BCUT2D eigenvalue weighted by molar-refractivity contribution is -0.133. The fourth-order valence-corrected chi connectivity index (χ4v) is 6.12. The highest BCUT2D eigenvalue weighted by Gasteiger charge is 2.30. The van der Waals surface area contributed by atoms with Crippen molar-refractivity contribution >= 4 is 51.1 Å². The van der Waals surface area contributed by atoms with E-state index in [0.717, 1.165) is 52.1 Å². The molecule has 2 amide bonds. The van der Waals surface area contributed by atoms with E-state index < -0.39 is 5.41 Å². The molecule has 0 radical (unpaired) electrons. The smallest absolute Gasteiger partial charge is 0.225 e. The topological polar surface area (TPSA) is 109 Å². The molecule has 0 unspecified atom stereocenters. The van der Waals surface area contributed by atoms with Gasteiger partial charge < -0.3 is 20.3 Å². The molecular weight excluding hydrogens is 500 g/mol. The fourth-order valence-electron chi connectivity index (χ4n) is 4.85. The summed E-state index contributed by atoms with van der Waals surface area (Å²) in [4.78, 5) is 42.2. The first-order chi connectivity index (χ1) is 18.1. The monoisotopic (exact) mass is 534 g/mol. The third-order valence-electron chi connectivity index (χ3n) is 6.95. The highest BCUT2D eigenvalue weighted by molar-refractivity contribution is 7.19. The van der Waals surface area contributed by atoms with Crippen LogP contribution in [0.2, 0.25) is 0 Å². The highest BCUT2D eigenvalue weighted by Crippen LogP contribution is 2.42. The van der Waals surface area contributed by atoms with Crippen LogP contribution in [0.1, 0.15) is 48.8 Å². The van der Waals surface area contributed by atoms with E-state index in [9.17, 15) is 9.59 Å². The third kappa shape index (κ3) is 5.22. The Labute approximate surface area is 226 Å². The van der Waals surface area contributed by atoms with Crippen LogP contribution in [0.25, 0.3) is 10.2 Å². The Balaban J connectivity index is 1.40. The summed E-state index contributed by atoms with van der Waals surface area (Å²) < 4.78 is 6.15. The molecule has 5 rings (SSSR count). The van der Waals surface area contributed by atoms with E-state index in [1.54, 1.807) is 22.6 Å². The van der Waals surface area contributed by atoms with Crippen molar-refractivity contribution in [2.75, 3.05) is 32.6 Å². The van der Waals surface area contributed by atoms with Gasteiger partial charge in [-0.1, -0.05) is 20.8 Å². The Kier molecular flexibility index (Phi) is 7.09. The average molecular weight is 535 g/mol. The molecule has 2 aromatic heterocycles. The Morgan fingerprint density at radius 1 is 1.21 bits per heavy atom. The Bertz CT molecular complexity index is 1420. The molecule has 1 atom stereocenters. The van der Waals surface area contributed by atoms with Gasteiger partial charge in [-0.2, -0.15) is 0 Å². The van der Waals surface area contributed by atoms with Gasteiger partial charge in [-0.15, -0.1) is 11.3 Å². The number of nitrogens with one attached hydrogen (secondary N) is 2. The molecule has 0 bridgehead atoms. The first kappa shape index (κ1) is 26.1. The molecule has 9 nitrogen and oxygen atoms in total. The molecule has 3 aromatic rings. The quantitative estimate of drug-likeness (QED) is 0.442. The van der Waals surface area contributed by atoms with Crippen LogP contribution in [0.3, 0.4) is 0 Å². The number of hydrogen-bond acceptors (Lipinski definition) is 8. The minimum absolute atomic E-state index is 0.00436. The molecule has 1 aliphatic carbocycles. The molecule has 200 valence electrons. The zero-order chi connectivity index (χ0) is 27.0. The number of aryl methyl sites for hydroxylation is 1. The molecular formula is C28H34N6O3S. The molecule has 0 saturated carbocycles. The van der Waals surface area contributed by atoms with Gasteiger partial charge in [0.05, 0.1) is 24.2 Å². The van der Waals surface area contributed by atoms with Crippen LogP contribution in [0, 0.1) is 11.3 Å². The van der Waals surface area contributed by atoms with Crippen LogP contribution >= 0.6 is 11.3 Å². The Morgan fingerprint density at radius 2 is 2.03 bits per heavy atom. The lowest BCUT2D eigenvalue weighted by Crippen LogP contribution is -2.37. The first-order valence-electron chi connectivity index (χ1n) is 12.9. The van der Waals surface area contributed by atoms with Gasteiger partial charge in [0.1, 0.15) is 29.3 Å². The van der Waals surface area contributed by atoms with Crippen LogP contribution in [-0.2, 0) is 29.0 Å². The Hall–Kier alpha value is -3.53. The molecule has 10 heteroatoms. The number of hydrogen-bond donors (Lipinski definition) is 2. The van der Waals surface area contributed by atoms with Crippen LogP contribution in [0.5, 0.6) is 5.75 Å². The number of rotatable bonds is 7. The number of anilines is 2. The number of ether oxygens (including phenoxy) is 1. The zero-order valence-electron chi connectivity index (χ0n) is 22.6. The number of carbonyl (C=O) groups excluding carboxylic acids is 2. The van der Waals surface area contributed by atoms with E-state index >= 15 is 0 Å².